The minimum absolute atomic E-state index is 0.431. The molecule has 136 valence electrons. The molecule has 2 aromatic carbocycles. The Morgan fingerprint density at radius 3 is 2.60 bits per heavy atom. The number of benzene rings is 2. The van der Waals surface area contributed by atoms with Crippen LogP contribution in [0.4, 0.5) is 8.78 Å². The molecule has 1 aliphatic rings. The van der Waals surface area contributed by atoms with Crippen molar-refractivity contribution in [3.8, 4) is 0 Å². The maximum Gasteiger partial charge on any atom is 0.129 e. The SMILES string of the molecule is CC.CN(CCCc1ccc(F)cc1F)C1CCc2ccc(Br)cc21. The summed E-state index contributed by atoms with van der Waals surface area (Å²) >= 11 is 3.55. The third kappa shape index (κ3) is 5.11. The van der Waals surface area contributed by atoms with E-state index in [1.54, 1.807) is 6.07 Å². The van der Waals surface area contributed by atoms with E-state index in [1.807, 2.05) is 13.8 Å². The molecule has 0 radical (unpaired) electrons. The summed E-state index contributed by atoms with van der Waals surface area (Å²) in [5.41, 5.74) is 3.42. The highest BCUT2D eigenvalue weighted by Crippen LogP contribution is 2.36. The van der Waals surface area contributed by atoms with Gasteiger partial charge in [0.2, 0.25) is 0 Å². The van der Waals surface area contributed by atoms with E-state index in [-0.39, 0.29) is 0 Å². The second-order valence-electron chi connectivity index (χ2n) is 6.22. The molecule has 0 amide bonds. The molecule has 3 rings (SSSR count). The van der Waals surface area contributed by atoms with Crippen LogP contribution in [0.15, 0.2) is 40.9 Å². The van der Waals surface area contributed by atoms with Crippen LogP contribution < -0.4 is 0 Å². The van der Waals surface area contributed by atoms with Crippen LogP contribution in [0, 0.1) is 11.6 Å². The topological polar surface area (TPSA) is 3.24 Å². The second-order valence-corrected chi connectivity index (χ2v) is 7.13. The fourth-order valence-electron chi connectivity index (χ4n) is 3.41. The maximum atomic E-state index is 13.7. The van der Waals surface area contributed by atoms with E-state index in [4.69, 9.17) is 0 Å². The molecule has 0 heterocycles. The van der Waals surface area contributed by atoms with Gasteiger partial charge in [0.05, 0.1) is 0 Å². The molecule has 1 aliphatic carbocycles. The molecule has 0 saturated carbocycles. The van der Waals surface area contributed by atoms with Crippen molar-refractivity contribution in [2.45, 2.75) is 45.6 Å². The van der Waals surface area contributed by atoms with Crippen molar-refractivity contribution in [3.63, 3.8) is 0 Å². The Morgan fingerprint density at radius 2 is 1.88 bits per heavy atom. The van der Waals surface area contributed by atoms with Crippen LogP contribution in [0.25, 0.3) is 0 Å². The van der Waals surface area contributed by atoms with Gasteiger partial charge in [0, 0.05) is 16.6 Å². The number of hydrogen-bond donors (Lipinski definition) is 0. The van der Waals surface area contributed by atoms with Gasteiger partial charge in [-0.05, 0) is 74.2 Å². The summed E-state index contributed by atoms with van der Waals surface area (Å²) in [6.07, 6.45) is 3.74. The lowest BCUT2D eigenvalue weighted by Crippen LogP contribution is -2.24. The van der Waals surface area contributed by atoms with Gasteiger partial charge >= 0.3 is 0 Å². The number of halogens is 3. The first-order chi connectivity index (χ1) is 12.0. The lowest BCUT2D eigenvalue weighted by Gasteiger charge is -2.25. The number of nitrogens with zero attached hydrogens (tertiary/aromatic N) is 1. The van der Waals surface area contributed by atoms with Crippen molar-refractivity contribution in [2.75, 3.05) is 13.6 Å². The summed E-state index contributed by atoms with van der Waals surface area (Å²) in [5, 5.41) is 0. The summed E-state index contributed by atoms with van der Waals surface area (Å²) in [4.78, 5) is 2.35. The Bertz CT molecular complexity index is 702. The van der Waals surface area contributed by atoms with E-state index >= 15 is 0 Å². The van der Waals surface area contributed by atoms with Gasteiger partial charge in [0.15, 0.2) is 0 Å². The van der Waals surface area contributed by atoms with Gasteiger partial charge in [-0.2, -0.15) is 0 Å². The van der Waals surface area contributed by atoms with E-state index < -0.39 is 11.6 Å². The Kier molecular flexibility index (Phi) is 7.57. The van der Waals surface area contributed by atoms with E-state index in [1.165, 1.54) is 17.2 Å². The first-order valence-corrected chi connectivity index (χ1v) is 9.76. The molecule has 1 atom stereocenters. The summed E-state index contributed by atoms with van der Waals surface area (Å²) in [7, 11) is 2.13. The lowest BCUT2D eigenvalue weighted by atomic mass is 10.1. The molecule has 4 heteroatoms. The zero-order chi connectivity index (χ0) is 18.4. The van der Waals surface area contributed by atoms with Gasteiger partial charge < -0.3 is 0 Å². The number of hydrogen-bond acceptors (Lipinski definition) is 1. The molecule has 0 spiro atoms. The molecule has 0 N–H and O–H groups in total. The molecule has 1 unspecified atom stereocenters. The first kappa shape index (κ1) is 20.1. The third-order valence-corrected chi connectivity index (χ3v) is 5.15. The fourth-order valence-corrected chi connectivity index (χ4v) is 3.79. The highest BCUT2D eigenvalue weighted by molar-refractivity contribution is 9.10. The fraction of sp³-hybridized carbons (Fsp3) is 0.429. The van der Waals surface area contributed by atoms with Crippen LogP contribution in [0.5, 0.6) is 0 Å². The molecule has 0 fully saturated rings. The molecule has 0 saturated heterocycles. The van der Waals surface area contributed by atoms with Gasteiger partial charge in [-0.25, -0.2) is 8.78 Å². The predicted molar refractivity (Wildman–Crippen MR) is 104 cm³/mol. The quantitative estimate of drug-likeness (QED) is 0.559. The van der Waals surface area contributed by atoms with Crippen molar-refractivity contribution < 1.29 is 8.78 Å². The zero-order valence-corrected chi connectivity index (χ0v) is 16.7. The Morgan fingerprint density at radius 1 is 1.12 bits per heavy atom. The normalized spacial score (nSPS) is 15.7. The summed E-state index contributed by atoms with van der Waals surface area (Å²) in [6, 6.07) is 10.8. The molecule has 0 bridgehead atoms. The largest absolute Gasteiger partial charge is 0.299 e. The summed E-state index contributed by atoms with van der Waals surface area (Å²) in [6.45, 7) is 4.90. The van der Waals surface area contributed by atoms with Gasteiger partial charge in [-0.1, -0.05) is 41.9 Å². The van der Waals surface area contributed by atoms with E-state index in [9.17, 15) is 8.78 Å². The maximum absolute atomic E-state index is 13.7. The van der Waals surface area contributed by atoms with Crippen LogP contribution in [-0.4, -0.2) is 18.5 Å². The molecule has 25 heavy (non-hydrogen) atoms. The lowest BCUT2D eigenvalue weighted by molar-refractivity contribution is 0.241. The number of fused-ring (bicyclic) bond motifs is 1. The van der Waals surface area contributed by atoms with Crippen molar-refractivity contribution >= 4 is 15.9 Å². The minimum atomic E-state index is -0.517. The molecular formula is C21H26BrF2N. The van der Waals surface area contributed by atoms with Crippen molar-refractivity contribution in [1.29, 1.82) is 0 Å². The first-order valence-electron chi connectivity index (χ1n) is 8.97. The highest BCUT2D eigenvalue weighted by Gasteiger charge is 2.25. The third-order valence-electron chi connectivity index (χ3n) is 4.66. The molecule has 0 aromatic heterocycles. The predicted octanol–water partition coefficient (Wildman–Crippen LogP) is 6.31. The minimum Gasteiger partial charge on any atom is -0.299 e. The standard InChI is InChI=1S/C19H20BrF2N.C2H6/c1-23(10-2-3-14-5-8-16(21)12-18(14)22)19-9-6-13-4-7-15(20)11-17(13)19;1-2/h4-5,7-8,11-12,19H,2-3,6,9-10H2,1H3;1-2H3. The van der Waals surface area contributed by atoms with Crippen molar-refractivity contribution in [2.24, 2.45) is 0 Å². The number of aryl methyl sites for hydroxylation is 2. The Balaban J connectivity index is 0.00000109. The zero-order valence-electron chi connectivity index (χ0n) is 15.2. The molecule has 2 aromatic rings. The summed E-state index contributed by atoms with van der Waals surface area (Å²) in [5.74, 6) is -0.959. The second kappa shape index (κ2) is 9.44. The smallest absolute Gasteiger partial charge is 0.129 e. The Hall–Kier alpha value is -1.26. The average Bonchev–Trinajstić information content (AvgIpc) is 3.01. The van der Waals surface area contributed by atoms with Crippen molar-refractivity contribution in [3.05, 3.63) is 69.2 Å². The van der Waals surface area contributed by atoms with E-state index in [2.05, 4.69) is 46.1 Å². The number of rotatable bonds is 5. The average molecular weight is 410 g/mol. The van der Waals surface area contributed by atoms with Gasteiger partial charge in [-0.3, -0.25) is 4.90 Å². The van der Waals surface area contributed by atoms with E-state index in [0.29, 0.717) is 18.0 Å². The molecular weight excluding hydrogens is 384 g/mol. The Labute approximate surface area is 158 Å². The van der Waals surface area contributed by atoms with Gasteiger partial charge in [0.1, 0.15) is 11.6 Å². The van der Waals surface area contributed by atoms with Crippen LogP contribution >= 0.6 is 15.9 Å². The van der Waals surface area contributed by atoms with Gasteiger partial charge in [-0.15, -0.1) is 0 Å². The van der Waals surface area contributed by atoms with Crippen LogP contribution in [0.1, 0.15) is 49.4 Å². The highest BCUT2D eigenvalue weighted by atomic mass is 79.9. The van der Waals surface area contributed by atoms with Crippen molar-refractivity contribution in [1.82, 2.24) is 4.90 Å². The molecule has 0 aliphatic heterocycles. The van der Waals surface area contributed by atoms with E-state index in [0.717, 1.165) is 36.3 Å². The summed E-state index contributed by atoms with van der Waals surface area (Å²) < 4.78 is 27.7. The van der Waals surface area contributed by atoms with Crippen LogP contribution in [0.2, 0.25) is 0 Å². The molecule has 1 nitrogen and oxygen atoms in total. The van der Waals surface area contributed by atoms with Crippen LogP contribution in [-0.2, 0) is 12.8 Å². The monoisotopic (exact) mass is 409 g/mol. The van der Waals surface area contributed by atoms with Crippen LogP contribution in [0.3, 0.4) is 0 Å². The van der Waals surface area contributed by atoms with Gasteiger partial charge in [0.25, 0.3) is 0 Å².